The number of hydroxylamine groups is 1. The SMILES string of the molecule is O=C(NOCCn1cccc1)[C@@H]1c2ccccc2C(=O)N([C@H]2CCCC[C@@H]2N[SH](=O)=O)[C@H]1c1ccc(Cl)cc1Cl. The van der Waals surface area contributed by atoms with Crippen LogP contribution in [0.5, 0.6) is 0 Å². The third-order valence-corrected chi connectivity index (χ3v) is 8.69. The number of carbonyl (C=O) groups excluding carboxylic acids is 2. The van der Waals surface area contributed by atoms with Gasteiger partial charge in [0.25, 0.3) is 11.8 Å². The summed E-state index contributed by atoms with van der Waals surface area (Å²) < 4.78 is 28.0. The van der Waals surface area contributed by atoms with Gasteiger partial charge in [0, 0.05) is 46.6 Å². The molecule has 9 nitrogen and oxygen atoms in total. The first-order valence-electron chi connectivity index (χ1n) is 13.1. The standard InChI is InChI=1S/C28H30Cl2N4O5S/c29-18-11-12-21(22(30)17-18)26-25(27(35)31-39-16-15-33-13-5-6-14-33)19-7-1-2-8-20(19)28(36)34(26)24-10-4-3-9-23(24)32-40(37)38/h1-2,5-8,11-14,17,23-26,40H,3-4,9-10,15-16H2,(H,31,35)(H,32,37,38)/t23-,24-,25+,26-/m0/s1. The Kier molecular flexibility index (Phi) is 9.12. The summed E-state index contributed by atoms with van der Waals surface area (Å²) in [7, 11) is -2.90. The fraction of sp³-hybridized carbons (Fsp3) is 0.357. The lowest BCUT2D eigenvalue weighted by Gasteiger charge is -2.49. The van der Waals surface area contributed by atoms with Crippen molar-refractivity contribution in [2.24, 2.45) is 0 Å². The minimum absolute atomic E-state index is 0.231. The predicted molar refractivity (Wildman–Crippen MR) is 153 cm³/mol. The van der Waals surface area contributed by atoms with Crippen LogP contribution in [0, 0.1) is 0 Å². The highest BCUT2D eigenvalue weighted by atomic mass is 35.5. The van der Waals surface area contributed by atoms with Crippen LogP contribution in [-0.2, 0) is 27.1 Å². The fourth-order valence-corrected chi connectivity index (χ4v) is 6.95. The number of hydrogen-bond acceptors (Lipinski definition) is 5. The second-order valence-corrected chi connectivity index (χ2v) is 11.6. The first-order valence-corrected chi connectivity index (χ1v) is 15.1. The van der Waals surface area contributed by atoms with Gasteiger partial charge in [-0.1, -0.05) is 60.3 Å². The zero-order chi connectivity index (χ0) is 28.2. The third-order valence-electron chi connectivity index (χ3n) is 7.59. The number of benzene rings is 2. The molecule has 0 unspecified atom stereocenters. The molecule has 40 heavy (non-hydrogen) atoms. The Labute approximate surface area is 244 Å². The molecule has 2 aliphatic rings. The zero-order valence-corrected chi connectivity index (χ0v) is 23.9. The molecule has 1 aliphatic carbocycles. The van der Waals surface area contributed by atoms with Crippen molar-refractivity contribution in [3.63, 3.8) is 0 Å². The van der Waals surface area contributed by atoms with Crippen LogP contribution < -0.4 is 10.2 Å². The van der Waals surface area contributed by atoms with Gasteiger partial charge in [0.1, 0.15) is 0 Å². The van der Waals surface area contributed by atoms with E-state index in [1.54, 1.807) is 47.4 Å². The number of halogens is 2. The average Bonchev–Trinajstić information content (AvgIpc) is 3.45. The molecule has 1 aliphatic heterocycles. The summed E-state index contributed by atoms with van der Waals surface area (Å²) in [6.07, 6.45) is 6.56. The second-order valence-electron chi connectivity index (χ2n) is 9.97. The second kappa shape index (κ2) is 12.7. The minimum atomic E-state index is -2.90. The fourth-order valence-electron chi connectivity index (χ4n) is 5.86. The van der Waals surface area contributed by atoms with Gasteiger partial charge in [0.05, 0.1) is 18.6 Å². The molecule has 12 heteroatoms. The Morgan fingerprint density at radius 2 is 1.75 bits per heavy atom. The van der Waals surface area contributed by atoms with E-state index in [1.165, 1.54) is 0 Å². The molecule has 0 bridgehead atoms. The Hall–Kier alpha value is -2.89. The lowest BCUT2D eigenvalue weighted by molar-refractivity contribution is -0.137. The summed E-state index contributed by atoms with van der Waals surface area (Å²) >= 11 is 12.9. The molecule has 2 aromatic carbocycles. The van der Waals surface area contributed by atoms with Gasteiger partial charge < -0.3 is 9.47 Å². The lowest BCUT2D eigenvalue weighted by atomic mass is 9.76. The van der Waals surface area contributed by atoms with Crippen LogP contribution in [0.1, 0.15) is 59.1 Å². The number of thiol groups is 1. The van der Waals surface area contributed by atoms with E-state index in [0.717, 1.165) is 12.8 Å². The molecular formula is C28H30Cl2N4O5S. The van der Waals surface area contributed by atoms with E-state index in [9.17, 15) is 18.0 Å². The van der Waals surface area contributed by atoms with Crippen molar-refractivity contribution in [3.8, 4) is 0 Å². The Bertz CT molecular complexity index is 1440. The van der Waals surface area contributed by atoms with Gasteiger partial charge in [-0.05, 0) is 54.3 Å². The van der Waals surface area contributed by atoms with Crippen molar-refractivity contribution >= 4 is 45.9 Å². The maximum absolute atomic E-state index is 14.2. The van der Waals surface area contributed by atoms with Crippen molar-refractivity contribution in [2.45, 2.75) is 56.3 Å². The molecule has 1 aromatic heterocycles. The molecule has 2 amide bonds. The monoisotopic (exact) mass is 604 g/mol. The Morgan fingerprint density at radius 3 is 2.50 bits per heavy atom. The van der Waals surface area contributed by atoms with Gasteiger partial charge in [0.2, 0.25) is 10.9 Å². The zero-order valence-electron chi connectivity index (χ0n) is 21.5. The summed E-state index contributed by atoms with van der Waals surface area (Å²) in [6.45, 7) is 0.767. The highest BCUT2D eigenvalue weighted by molar-refractivity contribution is 7.70. The van der Waals surface area contributed by atoms with Crippen LogP contribution in [0.2, 0.25) is 10.0 Å². The van der Waals surface area contributed by atoms with Gasteiger partial charge in [0.15, 0.2) is 0 Å². The van der Waals surface area contributed by atoms with E-state index >= 15 is 0 Å². The van der Waals surface area contributed by atoms with Crippen LogP contribution in [0.3, 0.4) is 0 Å². The van der Waals surface area contributed by atoms with E-state index in [-0.39, 0.29) is 12.5 Å². The van der Waals surface area contributed by atoms with Crippen molar-refractivity contribution in [3.05, 3.63) is 93.7 Å². The van der Waals surface area contributed by atoms with Crippen LogP contribution in [0.4, 0.5) is 0 Å². The van der Waals surface area contributed by atoms with Crippen LogP contribution in [0.25, 0.3) is 0 Å². The average molecular weight is 606 g/mol. The highest BCUT2D eigenvalue weighted by Gasteiger charge is 2.49. The number of aromatic nitrogens is 1. The maximum atomic E-state index is 14.2. The smallest absolute Gasteiger partial charge is 0.255 e. The van der Waals surface area contributed by atoms with Crippen molar-refractivity contribution < 1.29 is 22.8 Å². The molecule has 2 N–H and O–H groups in total. The molecule has 0 radical (unpaired) electrons. The minimum Gasteiger partial charge on any atom is -0.352 e. The first-order chi connectivity index (χ1) is 19.3. The van der Waals surface area contributed by atoms with Crippen molar-refractivity contribution in [1.29, 1.82) is 0 Å². The molecule has 0 saturated heterocycles. The molecule has 2 heterocycles. The number of carbonyl (C=O) groups is 2. The normalized spacial score (nSPS) is 22.8. The molecule has 0 spiro atoms. The molecule has 212 valence electrons. The topological polar surface area (TPSA) is 110 Å². The molecule has 4 atom stereocenters. The summed E-state index contributed by atoms with van der Waals surface area (Å²) in [5.74, 6) is -1.62. The number of nitrogens with zero attached hydrogens (tertiary/aromatic N) is 2. The van der Waals surface area contributed by atoms with Gasteiger partial charge in [-0.3, -0.25) is 14.4 Å². The molecule has 5 rings (SSSR count). The molecular weight excluding hydrogens is 575 g/mol. The summed E-state index contributed by atoms with van der Waals surface area (Å²) in [5.41, 5.74) is 4.06. The van der Waals surface area contributed by atoms with E-state index < -0.39 is 40.8 Å². The van der Waals surface area contributed by atoms with E-state index in [1.807, 2.05) is 29.1 Å². The predicted octanol–water partition coefficient (Wildman–Crippen LogP) is 4.25. The summed E-state index contributed by atoms with van der Waals surface area (Å²) in [4.78, 5) is 35.3. The van der Waals surface area contributed by atoms with Gasteiger partial charge in [-0.2, -0.15) is 0 Å². The molecule has 3 aromatic rings. The number of rotatable bonds is 9. The van der Waals surface area contributed by atoms with Crippen molar-refractivity contribution in [2.75, 3.05) is 6.61 Å². The summed E-state index contributed by atoms with van der Waals surface area (Å²) in [6, 6.07) is 13.9. The Balaban J connectivity index is 1.56. The van der Waals surface area contributed by atoms with E-state index in [2.05, 4.69) is 10.2 Å². The van der Waals surface area contributed by atoms with Gasteiger partial charge in [-0.25, -0.2) is 18.6 Å². The number of hydrogen-bond donors (Lipinski definition) is 3. The maximum Gasteiger partial charge on any atom is 0.255 e. The summed E-state index contributed by atoms with van der Waals surface area (Å²) in [5, 5.41) is 0.717. The Morgan fingerprint density at radius 1 is 1.00 bits per heavy atom. The van der Waals surface area contributed by atoms with Crippen LogP contribution in [-0.4, -0.2) is 48.4 Å². The van der Waals surface area contributed by atoms with E-state index in [0.29, 0.717) is 46.1 Å². The first kappa shape index (κ1) is 28.6. The van der Waals surface area contributed by atoms with Crippen LogP contribution >= 0.6 is 23.2 Å². The molecule has 1 saturated carbocycles. The quantitative estimate of drug-likeness (QED) is 0.192. The van der Waals surface area contributed by atoms with Gasteiger partial charge in [-0.15, -0.1) is 0 Å². The van der Waals surface area contributed by atoms with Gasteiger partial charge >= 0.3 is 0 Å². The lowest BCUT2D eigenvalue weighted by Crippen LogP contribution is -2.58. The highest BCUT2D eigenvalue weighted by Crippen LogP contribution is 2.47. The third kappa shape index (κ3) is 6.06. The van der Waals surface area contributed by atoms with E-state index in [4.69, 9.17) is 28.0 Å². The number of fused-ring (bicyclic) bond motifs is 1. The molecule has 1 fully saturated rings. The number of amides is 2. The van der Waals surface area contributed by atoms with Crippen molar-refractivity contribution in [1.82, 2.24) is 19.7 Å². The largest absolute Gasteiger partial charge is 0.352 e. The van der Waals surface area contributed by atoms with Crippen LogP contribution in [0.15, 0.2) is 67.0 Å². The number of nitrogens with one attached hydrogen (secondary N) is 2.